The molecule has 2 amide bonds. The van der Waals surface area contributed by atoms with E-state index in [1.807, 2.05) is 24.0 Å². The summed E-state index contributed by atoms with van der Waals surface area (Å²) in [5.41, 5.74) is 2.10. The molecule has 0 unspecified atom stereocenters. The largest absolute Gasteiger partial charge is 0.366 e. The van der Waals surface area contributed by atoms with Crippen LogP contribution in [0.2, 0.25) is 0 Å². The molecule has 138 valence electrons. The van der Waals surface area contributed by atoms with E-state index < -0.39 is 16.7 Å². The van der Waals surface area contributed by atoms with Gasteiger partial charge < -0.3 is 4.90 Å². The number of fused-ring (bicyclic) bond motifs is 1. The lowest BCUT2D eigenvalue weighted by Gasteiger charge is -2.28. The van der Waals surface area contributed by atoms with Crippen LogP contribution in [0.15, 0.2) is 36.4 Å². The van der Waals surface area contributed by atoms with Crippen LogP contribution in [-0.4, -0.2) is 29.8 Å². The molecule has 2 aliphatic heterocycles. The lowest BCUT2D eigenvalue weighted by Crippen LogP contribution is -2.30. The normalized spacial score (nSPS) is 16.6. The smallest absolute Gasteiger partial charge is 0.293 e. The molecule has 0 spiro atoms. The van der Waals surface area contributed by atoms with Gasteiger partial charge in [0.1, 0.15) is 5.69 Å². The maximum Gasteiger partial charge on any atom is 0.293 e. The van der Waals surface area contributed by atoms with Crippen molar-refractivity contribution >= 4 is 28.9 Å². The zero-order chi connectivity index (χ0) is 19.1. The van der Waals surface area contributed by atoms with Crippen LogP contribution in [0, 0.1) is 17.0 Å². The number of carbonyl (C=O) groups is 2. The first-order valence-electron chi connectivity index (χ1n) is 9.00. The Morgan fingerprint density at radius 3 is 2.11 bits per heavy atom. The van der Waals surface area contributed by atoms with E-state index in [1.54, 1.807) is 12.1 Å². The van der Waals surface area contributed by atoms with Gasteiger partial charge in [-0.1, -0.05) is 17.7 Å². The van der Waals surface area contributed by atoms with Gasteiger partial charge in [0.15, 0.2) is 0 Å². The monoisotopic (exact) mass is 365 g/mol. The summed E-state index contributed by atoms with van der Waals surface area (Å²) < 4.78 is 0. The third-order valence-electron chi connectivity index (χ3n) is 5.17. The lowest BCUT2D eigenvalue weighted by molar-refractivity contribution is -0.384. The van der Waals surface area contributed by atoms with Gasteiger partial charge in [0.25, 0.3) is 17.5 Å². The van der Waals surface area contributed by atoms with Gasteiger partial charge >= 0.3 is 0 Å². The molecule has 0 bridgehead atoms. The van der Waals surface area contributed by atoms with Crippen LogP contribution < -0.4 is 9.80 Å². The third-order valence-corrected chi connectivity index (χ3v) is 5.17. The summed E-state index contributed by atoms with van der Waals surface area (Å²) >= 11 is 0. The van der Waals surface area contributed by atoms with Crippen LogP contribution >= 0.6 is 0 Å². The Kier molecular flexibility index (Phi) is 4.14. The number of nitro benzene ring substituents is 1. The molecule has 1 fully saturated rings. The van der Waals surface area contributed by atoms with Gasteiger partial charge in [-0.25, -0.2) is 4.90 Å². The highest BCUT2D eigenvalue weighted by atomic mass is 16.6. The molecule has 2 aromatic rings. The van der Waals surface area contributed by atoms with Crippen molar-refractivity contribution < 1.29 is 14.5 Å². The van der Waals surface area contributed by atoms with E-state index in [2.05, 4.69) is 0 Å². The second-order valence-corrected chi connectivity index (χ2v) is 6.97. The summed E-state index contributed by atoms with van der Waals surface area (Å²) in [5, 5.41) is 11.6. The molecule has 0 aliphatic carbocycles. The number of carbonyl (C=O) groups excluding carboxylic acids is 2. The van der Waals surface area contributed by atoms with E-state index in [4.69, 9.17) is 0 Å². The van der Waals surface area contributed by atoms with Crippen LogP contribution in [0.1, 0.15) is 45.5 Å². The minimum Gasteiger partial charge on any atom is -0.366 e. The van der Waals surface area contributed by atoms with Crippen LogP contribution in [0.25, 0.3) is 0 Å². The van der Waals surface area contributed by atoms with Gasteiger partial charge in [0.05, 0.1) is 21.7 Å². The number of benzene rings is 2. The molecular formula is C20H19N3O4. The summed E-state index contributed by atoms with van der Waals surface area (Å²) in [7, 11) is 0. The van der Waals surface area contributed by atoms with Crippen molar-refractivity contribution in [1.82, 2.24) is 0 Å². The highest BCUT2D eigenvalue weighted by Gasteiger charge is 2.39. The summed E-state index contributed by atoms with van der Waals surface area (Å²) in [6.45, 7) is 3.34. The Morgan fingerprint density at radius 2 is 1.52 bits per heavy atom. The van der Waals surface area contributed by atoms with Gasteiger partial charge in [-0.3, -0.25) is 19.7 Å². The fourth-order valence-electron chi connectivity index (χ4n) is 3.73. The number of nitrogens with zero attached hydrogens (tertiary/aromatic N) is 3. The maximum atomic E-state index is 12.9. The summed E-state index contributed by atoms with van der Waals surface area (Å²) in [5.74, 6) is -0.959. The second kappa shape index (κ2) is 6.50. The number of aryl methyl sites for hydroxylation is 1. The van der Waals surface area contributed by atoms with Crippen LogP contribution in [0.4, 0.5) is 17.1 Å². The minimum absolute atomic E-state index is 0.0908. The van der Waals surface area contributed by atoms with Crippen molar-refractivity contribution in [2.75, 3.05) is 22.9 Å². The van der Waals surface area contributed by atoms with E-state index in [9.17, 15) is 19.7 Å². The Hall–Kier alpha value is -3.22. The van der Waals surface area contributed by atoms with Crippen molar-refractivity contribution in [3.05, 3.63) is 63.2 Å². The van der Waals surface area contributed by atoms with Crippen molar-refractivity contribution in [1.29, 1.82) is 0 Å². The number of hydrogen-bond acceptors (Lipinski definition) is 5. The van der Waals surface area contributed by atoms with E-state index in [0.717, 1.165) is 29.7 Å². The molecule has 7 nitrogen and oxygen atoms in total. The highest BCUT2D eigenvalue weighted by Crippen LogP contribution is 2.38. The molecule has 2 heterocycles. The van der Waals surface area contributed by atoms with Crippen LogP contribution in [0.3, 0.4) is 0 Å². The predicted molar refractivity (Wildman–Crippen MR) is 101 cm³/mol. The number of hydrogen-bond donors (Lipinski definition) is 0. The molecule has 0 atom stereocenters. The van der Waals surface area contributed by atoms with Crippen molar-refractivity contribution in [3.8, 4) is 0 Å². The average molecular weight is 365 g/mol. The van der Waals surface area contributed by atoms with E-state index in [-0.39, 0.29) is 16.8 Å². The van der Waals surface area contributed by atoms with Crippen molar-refractivity contribution in [2.24, 2.45) is 0 Å². The predicted octanol–water partition coefficient (Wildman–Crippen LogP) is 3.69. The average Bonchev–Trinajstić information content (AvgIpc) is 2.92. The first-order chi connectivity index (χ1) is 13.0. The standard InChI is InChI=1S/C20H19N3O4/c1-13-5-7-14(8-6-13)22-19(24)15-11-17(21-9-3-2-4-10-21)18(23(26)27)12-16(15)20(22)25/h5-8,11-12H,2-4,9-10H2,1H3. The van der Waals surface area contributed by atoms with E-state index in [1.165, 1.54) is 12.1 Å². The van der Waals surface area contributed by atoms with Gasteiger partial charge in [-0.15, -0.1) is 0 Å². The quantitative estimate of drug-likeness (QED) is 0.470. The third kappa shape index (κ3) is 2.85. The molecule has 0 aromatic heterocycles. The Bertz CT molecular complexity index is 946. The Morgan fingerprint density at radius 1 is 0.926 bits per heavy atom. The first-order valence-corrected chi connectivity index (χ1v) is 9.00. The Labute approximate surface area is 156 Å². The first kappa shape index (κ1) is 17.2. The maximum absolute atomic E-state index is 12.9. The summed E-state index contributed by atoms with van der Waals surface area (Å²) in [6.07, 6.45) is 3.00. The van der Waals surface area contributed by atoms with Crippen LogP contribution in [0.5, 0.6) is 0 Å². The number of imide groups is 1. The zero-order valence-electron chi connectivity index (χ0n) is 15.0. The molecule has 2 aliphatic rings. The fraction of sp³-hybridized carbons (Fsp3) is 0.300. The number of anilines is 2. The molecular weight excluding hydrogens is 346 g/mol. The van der Waals surface area contributed by atoms with Crippen LogP contribution in [-0.2, 0) is 0 Å². The molecule has 4 rings (SSSR count). The molecule has 0 radical (unpaired) electrons. The van der Waals surface area contributed by atoms with Crippen molar-refractivity contribution in [2.45, 2.75) is 26.2 Å². The van der Waals surface area contributed by atoms with E-state index in [0.29, 0.717) is 24.5 Å². The highest BCUT2D eigenvalue weighted by molar-refractivity contribution is 6.35. The molecule has 1 saturated heterocycles. The lowest BCUT2D eigenvalue weighted by atomic mass is 10.0. The molecule has 0 saturated carbocycles. The fourth-order valence-corrected chi connectivity index (χ4v) is 3.73. The number of nitro groups is 1. The number of rotatable bonds is 3. The van der Waals surface area contributed by atoms with Crippen molar-refractivity contribution in [3.63, 3.8) is 0 Å². The van der Waals surface area contributed by atoms with Gasteiger partial charge in [0, 0.05) is 19.2 Å². The number of piperidine rings is 1. The van der Waals surface area contributed by atoms with E-state index >= 15 is 0 Å². The van der Waals surface area contributed by atoms with Gasteiger partial charge in [-0.2, -0.15) is 0 Å². The molecule has 27 heavy (non-hydrogen) atoms. The summed E-state index contributed by atoms with van der Waals surface area (Å²) in [4.78, 5) is 39.9. The molecule has 2 aromatic carbocycles. The minimum atomic E-state index is -0.521. The molecule has 0 N–H and O–H groups in total. The Balaban J connectivity index is 1.80. The summed E-state index contributed by atoms with van der Waals surface area (Å²) in [6, 6.07) is 9.83. The molecule has 7 heteroatoms. The SMILES string of the molecule is Cc1ccc(N2C(=O)c3cc(N4CCCCC4)c([N+](=O)[O-])cc3C2=O)cc1. The van der Waals surface area contributed by atoms with Gasteiger partial charge in [0.2, 0.25) is 0 Å². The topological polar surface area (TPSA) is 83.8 Å². The second-order valence-electron chi connectivity index (χ2n) is 6.97. The zero-order valence-corrected chi connectivity index (χ0v) is 15.0. The van der Waals surface area contributed by atoms with Gasteiger partial charge in [-0.05, 0) is 44.4 Å². The number of amides is 2.